The molecular formula is C16H31IN4O. The van der Waals surface area contributed by atoms with E-state index < -0.39 is 0 Å². The summed E-state index contributed by atoms with van der Waals surface area (Å²) in [5.41, 5.74) is 0. The Morgan fingerprint density at radius 3 is 2.68 bits per heavy atom. The molecule has 3 aliphatic heterocycles. The topological polar surface area (TPSA) is 48.9 Å². The summed E-state index contributed by atoms with van der Waals surface area (Å²) in [7, 11) is 0. The van der Waals surface area contributed by atoms with Crippen LogP contribution in [-0.4, -0.2) is 61.8 Å². The zero-order valence-corrected chi connectivity index (χ0v) is 16.1. The fourth-order valence-corrected chi connectivity index (χ4v) is 3.77. The smallest absolute Gasteiger partial charge is 0.191 e. The number of piperidine rings is 1. The Bertz CT molecular complexity index is 360. The van der Waals surface area contributed by atoms with E-state index in [1.165, 1.54) is 45.2 Å². The summed E-state index contributed by atoms with van der Waals surface area (Å²) in [5, 5.41) is 6.95. The molecule has 0 aromatic rings. The molecule has 3 saturated heterocycles. The normalized spacial score (nSPS) is 31.9. The summed E-state index contributed by atoms with van der Waals surface area (Å²) in [6, 6.07) is 0.455. The molecule has 3 atom stereocenters. The molecule has 3 fully saturated rings. The number of likely N-dealkylation sites (tertiary alicyclic amines) is 1. The summed E-state index contributed by atoms with van der Waals surface area (Å²) in [5.74, 6) is 0.968. The molecule has 2 N–H and O–H groups in total. The molecule has 3 aliphatic rings. The minimum atomic E-state index is 0. The third-order valence-electron chi connectivity index (χ3n) is 4.91. The van der Waals surface area contributed by atoms with Crippen molar-refractivity contribution >= 4 is 29.9 Å². The van der Waals surface area contributed by atoms with Crippen LogP contribution in [0, 0.1) is 0 Å². The Balaban J connectivity index is 0.00000176. The van der Waals surface area contributed by atoms with E-state index in [1.54, 1.807) is 0 Å². The predicted molar refractivity (Wildman–Crippen MR) is 101 cm³/mol. The van der Waals surface area contributed by atoms with Crippen molar-refractivity contribution in [2.45, 2.75) is 63.7 Å². The average Bonchev–Trinajstić information content (AvgIpc) is 3.11. The summed E-state index contributed by atoms with van der Waals surface area (Å²) in [6.07, 6.45) is 8.58. The van der Waals surface area contributed by atoms with Crippen molar-refractivity contribution in [1.29, 1.82) is 0 Å². The van der Waals surface area contributed by atoms with Crippen LogP contribution in [0.15, 0.2) is 4.99 Å². The maximum absolute atomic E-state index is 5.91. The van der Waals surface area contributed by atoms with Gasteiger partial charge in [0, 0.05) is 13.1 Å². The third-order valence-corrected chi connectivity index (χ3v) is 4.91. The molecule has 6 heteroatoms. The summed E-state index contributed by atoms with van der Waals surface area (Å²) >= 11 is 0. The number of nitrogens with zero attached hydrogens (tertiary/aromatic N) is 2. The standard InChI is InChI=1S/C16H30N4O.HI/c1-2-17-16(18-8-11-20-9-4-3-5-10-20)19-14-12-13-6-7-15(14)21-13;/h13-15H,2-12H2,1H3,(H2,17,18,19);1H. The van der Waals surface area contributed by atoms with Crippen LogP contribution in [0.3, 0.4) is 0 Å². The van der Waals surface area contributed by atoms with Crippen molar-refractivity contribution in [3.63, 3.8) is 0 Å². The predicted octanol–water partition coefficient (Wildman–Crippen LogP) is 1.97. The van der Waals surface area contributed by atoms with E-state index in [1.807, 2.05) is 0 Å². The number of ether oxygens (including phenoxy) is 1. The van der Waals surface area contributed by atoms with Crippen molar-refractivity contribution in [3.05, 3.63) is 0 Å². The Hall–Kier alpha value is -0.0800. The highest BCUT2D eigenvalue weighted by atomic mass is 127. The Morgan fingerprint density at radius 2 is 2.05 bits per heavy atom. The molecule has 0 saturated carbocycles. The molecule has 0 aromatic heterocycles. The van der Waals surface area contributed by atoms with Crippen LogP contribution in [0.1, 0.15) is 45.4 Å². The number of hydrogen-bond acceptors (Lipinski definition) is 3. The zero-order valence-electron chi connectivity index (χ0n) is 13.7. The van der Waals surface area contributed by atoms with Crippen LogP contribution < -0.4 is 10.6 Å². The summed E-state index contributed by atoms with van der Waals surface area (Å²) < 4.78 is 5.91. The lowest BCUT2D eigenvalue weighted by Gasteiger charge is -2.26. The molecule has 0 amide bonds. The Kier molecular flexibility index (Phi) is 7.70. The van der Waals surface area contributed by atoms with Gasteiger partial charge in [-0.25, -0.2) is 0 Å². The first-order valence-electron chi connectivity index (χ1n) is 8.78. The molecule has 0 aromatic carbocycles. The molecule has 2 bridgehead atoms. The molecule has 5 nitrogen and oxygen atoms in total. The van der Waals surface area contributed by atoms with Crippen LogP contribution in [0.5, 0.6) is 0 Å². The van der Waals surface area contributed by atoms with Crippen molar-refractivity contribution in [3.8, 4) is 0 Å². The van der Waals surface area contributed by atoms with Crippen LogP contribution >= 0.6 is 24.0 Å². The van der Waals surface area contributed by atoms with Gasteiger partial charge in [0.15, 0.2) is 5.96 Å². The molecule has 0 aliphatic carbocycles. The summed E-state index contributed by atoms with van der Waals surface area (Å²) in [4.78, 5) is 7.29. The van der Waals surface area contributed by atoms with Gasteiger partial charge in [-0.05, 0) is 52.1 Å². The SMILES string of the molecule is CCNC(=NCCN1CCCCC1)NC1CC2CCC1O2.I. The van der Waals surface area contributed by atoms with Gasteiger partial charge in [-0.3, -0.25) is 4.99 Å². The van der Waals surface area contributed by atoms with Crippen LogP contribution in [0.2, 0.25) is 0 Å². The quantitative estimate of drug-likeness (QED) is 0.404. The van der Waals surface area contributed by atoms with Gasteiger partial charge in [0.2, 0.25) is 0 Å². The second-order valence-electron chi connectivity index (χ2n) is 6.52. The lowest BCUT2D eigenvalue weighted by molar-refractivity contribution is 0.0992. The molecule has 3 unspecified atom stereocenters. The second kappa shape index (κ2) is 9.27. The van der Waals surface area contributed by atoms with Crippen LogP contribution in [0.4, 0.5) is 0 Å². The fraction of sp³-hybridized carbons (Fsp3) is 0.938. The van der Waals surface area contributed by atoms with Crippen molar-refractivity contribution < 1.29 is 4.74 Å². The minimum absolute atomic E-state index is 0. The van der Waals surface area contributed by atoms with E-state index in [0.29, 0.717) is 18.2 Å². The van der Waals surface area contributed by atoms with E-state index in [9.17, 15) is 0 Å². The highest BCUT2D eigenvalue weighted by Gasteiger charge is 2.41. The zero-order chi connectivity index (χ0) is 14.5. The lowest BCUT2D eigenvalue weighted by Crippen LogP contribution is -2.47. The Morgan fingerprint density at radius 1 is 1.23 bits per heavy atom. The molecule has 3 rings (SSSR count). The minimum Gasteiger partial charge on any atom is -0.373 e. The monoisotopic (exact) mass is 422 g/mol. The van der Waals surface area contributed by atoms with Crippen molar-refractivity contribution in [1.82, 2.24) is 15.5 Å². The van der Waals surface area contributed by atoms with Gasteiger partial charge in [0.05, 0.1) is 24.8 Å². The van der Waals surface area contributed by atoms with E-state index in [0.717, 1.165) is 32.0 Å². The first-order chi connectivity index (χ1) is 10.3. The number of fused-ring (bicyclic) bond motifs is 2. The third kappa shape index (κ3) is 4.96. The molecule has 0 spiro atoms. The van der Waals surface area contributed by atoms with Gasteiger partial charge in [0.25, 0.3) is 0 Å². The maximum Gasteiger partial charge on any atom is 0.191 e. The molecule has 0 radical (unpaired) electrons. The number of aliphatic imine (C=N–C) groups is 1. The van der Waals surface area contributed by atoms with Crippen molar-refractivity contribution in [2.24, 2.45) is 4.99 Å². The Labute approximate surface area is 151 Å². The lowest BCUT2D eigenvalue weighted by atomic mass is 9.96. The largest absolute Gasteiger partial charge is 0.373 e. The maximum atomic E-state index is 5.91. The van der Waals surface area contributed by atoms with Gasteiger partial charge < -0.3 is 20.3 Å². The number of hydrogen-bond donors (Lipinski definition) is 2. The molecule has 3 heterocycles. The fourth-order valence-electron chi connectivity index (χ4n) is 3.77. The van der Waals surface area contributed by atoms with Crippen LogP contribution in [-0.2, 0) is 4.74 Å². The highest BCUT2D eigenvalue weighted by Crippen LogP contribution is 2.34. The number of guanidine groups is 1. The van der Waals surface area contributed by atoms with E-state index in [-0.39, 0.29) is 24.0 Å². The van der Waals surface area contributed by atoms with Gasteiger partial charge in [-0.15, -0.1) is 24.0 Å². The van der Waals surface area contributed by atoms with Gasteiger partial charge >= 0.3 is 0 Å². The summed E-state index contributed by atoms with van der Waals surface area (Å²) in [6.45, 7) is 7.51. The average molecular weight is 422 g/mol. The van der Waals surface area contributed by atoms with Gasteiger partial charge in [-0.2, -0.15) is 0 Å². The van der Waals surface area contributed by atoms with E-state index >= 15 is 0 Å². The first-order valence-corrected chi connectivity index (χ1v) is 8.78. The number of halogens is 1. The highest BCUT2D eigenvalue weighted by molar-refractivity contribution is 14.0. The van der Waals surface area contributed by atoms with Crippen LogP contribution in [0.25, 0.3) is 0 Å². The van der Waals surface area contributed by atoms with Crippen molar-refractivity contribution in [2.75, 3.05) is 32.7 Å². The molecule has 128 valence electrons. The van der Waals surface area contributed by atoms with Gasteiger partial charge in [-0.1, -0.05) is 6.42 Å². The van der Waals surface area contributed by atoms with E-state index in [2.05, 4.69) is 22.5 Å². The number of nitrogens with one attached hydrogen (secondary N) is 2. The van der Waals surface area contributed by atoms with E-state index in [4.69, 9.17) is 9.73 Å². The second-order valence-corrected chi connectivity index (χ2v) is 6.52. The number of rotatable bonds is 5. The molecular weight excluding hydrogens is 391 g/mol. The first kappa shape index (κ1) is 18.3. The van der Waals surface area contributed by atoms with Gasteiger partial charge in [0.1, 0.15) is 0 Å². The molecule has 22 heavy (non-hydrogen) atoms.